The molecule has 0 atom stereocenters. The summed E-state index contributed by atoms with van der Waals surface area (Å²) in [6, 6.07) is 5.56. The number of rotatable bonds is 4. The molecule has 0 unspecified atom stereocenters. The van der Waals surface area contributed by atoms with Gasteiger partial charge >= 0.3 is 5.97 Å². The molecular formula is C15H18BrNO4. The SMILES string of the molecule is COc1ccc(Br)cc1CC(=O)N1CCC(C(=O)O)CC1. The number of amides is 1. The van der Waals surface area contributed by atoms with Gasteiger partial charge in [-0.2, -0.15) is 0 Å². The monoisotopic (exact) mass is 355 g/mol. The van der Waals surface area contributed by atoms with Gasteiger partial charge in [0.1, 0.15) is 5.75 Å². The summed E-state index contributed by atoms with van der Waals surface area (Å²) in [6.45, 7) is 1.01. The van der Waals surface area contributed by atoms with Crippen LogP contribution in [0.4, 0.5) is 0 Å². The number of likely N-dealkylation sites (tertiary alicyclic amines) is 1. The third-order valence-electron chi connectivity index (χ3n) is 3.78. The third kappa shape index (κ3) is 3.97. The Morgan fingerprint density at radius 2 is 2.05 bits per heavy atom. The second-order valence-corrected chi connectivity index (χ2v) is 6.04. The molecule has 0 aliphatic carbocycles. The molecule has 1 heterocycles. The Morgan fingerprint density at radius 3 is 2.62 bits per heavy atom. The van der Waals surface area contributed by atoms with Crippen LogP contribution >= 0.6 is 15.9 Å². The zero-order valence-electron chi connectivity index (χ0n) is 11.8. The van der Waals surface area contributed by atoms with Gasteiger partial charge in [0.15, 0.2) is 0 Å². The van der Waals surface area contributed by atoms with E-state index >= 15 is 0 Å². The molecular weight excluding hydrogens is 338 g/mol. The van der Waals surface area contributed by atoms with Crippen molar-refractivity contribution in [2.45, 2.75) is 19.3 Å². The number of aliphatic carboxylic acids is 1. The normalized spacial score (nSPS) is 15.8. The quantitative estimate of drug-likeness (QED) is 0.899. The lowest BCUT2D eigenvalue weighted by Gasteiger charge is -2.30. The van der Waals surface area contributed by atoms with Gasteiger partial charge in [0, 0.05) is 23.1 Å². The van der Waals surface area contributed by atoms with E-state index in [1.54, 1.807) is 12.0 Å². The van der Waals surface area contributed by atoms with E-state index in [1.165, 1.54) is 0 Å². The van der Waals surface area contributed by atoms with Crippen LogP contribution in [0.25, 0.3) is 0 Å². The highest BCUT2D eigenvalue weighted by atomic mass is 79.9. The summed E-state index contributed by atoms with van der Waals surface area (Å²) in [4.78, 5) is 25.0. The number of methoxy groups -OCH3 is 1. The van der Waals surface area contributed by atoms with Crippen LogP contribution in [0, 0.1) is 5.92 Å². The van der Waals surface area contributed by atoms with Crippen molar-refractivity contribution < 1.29 is 19.4 Å². The van der Waals surface area contributed by atoms with E-state index in [2.05, 4.69) is 15.9 Å². The number of carbonyl (C=O) groups is 2. The zero-order valence-corrected chi connectivity index (χ0v) is 13.4. The van der Waals surface area contributed by atoms with Gasteiger partial charge in [-0.3, -0.25) is 9.59 Å². The fourth-order valence-electron chi connectivity index (χ4n) is 2.54. The van der Waals surface area contributed by atoms with Crippen LogP contribution in [-0.4, -0.2) is 42.1 Å². The highest BCUT2D eigenvalue weighted by Gasteiger charge is 2.27. The summed E-state index contributed by atoms with van der Waals surface area (Å²) in [5, 5.41) is 8.97. The maximum atomic E-state index is 12.3. The second kappa shape index (κ2) is 6.93. The summed E-state index contributed by atoms with van der Waals surface area (Å²) in [5.74, 6) is -0.396. The van der Waals surface area contributed by atoms with Gasteiger partial charge < -0.3 is 14.7 Å². The topological polar surface area (TPSA) is 66.8 Å². The number of benzene rings is 1. The van der Waals surface area contributed by atoms with Crippen molar-refractivity contribution in [2.75, 3.05) is 20.2 Å². The number of hydrogen-bond acceptors (Lipinski definition) is 3. The standard InChI is InChI=1S/C15H18BrNO4/c1-21-13-3-2-12(16)8-11(13)9-14(18)17-6-4-10(5-7-17)15(19)20/h2-3,8,10H,4-7,9H2,1H3,(H,19,20). The van der Waals surface area contributed by atoms with Crippen molar-refractivity contribution in [3.63, 3.8) is 0 Å². The van der Waals surface area contributed by atoms with Gasteiger partial charge in [-0.25, -0.2) is 0 Å². The summed E-state index contributed by atoms with van der Waals surface area (Å²) in [5.41, 5.74) is 0.831. The van der Waals surface area contributed by atoms with E-state index in [-0.39, 0.29) is 18.2 Å². The number of piperidine rings is 1. The molecule has 0 saturated carbocycles. The highest BCUT2D eigenvalue weighted by molar-refractivity contribution is 9.10. The number of carbonyl (C=O) groups excluding carboxylic acids is 1. The molecule has 21 heavy (non-hydrogen) atoms. The molecule has 114 valence electrons. The minimum absolute atomic E-state index is 0.00948. The lowest BCUT2D eigenvalue weighted by Crippen LogP contribution is -2.41. The maximum Gasteiger partial charge on any atom is 0.306 e. The summed E-state index contributed by atoms with van der Waals surface area (Å²) in [6.07, 6.45) is 1.31. The van der Waals surface area contributed by atoms with Gasteiger partial charge in [-0.05, 0) is 31.0 Å². The maximum absolute atomic E-state index is 12.3. The Balaban J connectivity index is 1.99. The fourth-order valence-corrected chi connectivity index (χ4v) is 2.94. The second-order valence-electron chi connectivity index (χ2n) is 5.13. The van der Waals surface area contributed by atoms with Crippen LogP contribution in [-0.2, 0) is 16.0 Å². The van der Waals surface area contributed by atoms with Gasteiger partial charge in [0.25, 0.3) is 0 Å². The van der Waals surface area contributed by atoms with Gasteiger partial charge in [-0.15, -0.1) is 0 Å². The number of nitrogens with zero attached hydrogens (tertiary/aromatic N) is 1. The molecule has 6 heteroatoms. The predicted octanol–water partition coefficient (Wildman–Crippen LogP) is 2.32. The van der Waals surface area contributed by atoms with Gasteiger partial charge in [0.2, 0.25) is 5.91 Å². The van der Waals surface area contributed by atoms with Crippen LogP contribution in [0.2, 0.25) is 0 Å². The minimum Gasteiger partial charge on any atom is -0.496 e. The van der Waals surface area contributed by atoms with Crippen LogP contribution < -0.4 is 4.74 Å². The van der Waals surface area contributed by atoms with Crippen molar-refractivity contribution in [2.24, 2.45) is 5.92 Å². The molecule has 1 N–H and O–H groups in total. The van der Waals surface area contributed by atoms with E-state index in [9.17, 15) is 9.59 Å². The molecule has 1 aliphatic heterocycles. The minimum atomic E-state index is -0.768. The number of carboxylic acids is 1. The summed E-state index contributed by atoms with van der Waals surface area (Å²) < 4.78 is 6.17. The largest absolute Gasteiger partial charge is 0.496 e. The first-order chi connectivity index (χ1) is 10.0. The van der Waals surface area contributed by atoms with Crippen LogP contribution in [0.5, 0.6) is 5.75 Å². The molecule has 1 aliphatic rings. The van der Waals surface area contributed by atoms with Crippen LogP contribution in [0.3, 0.4) is 0 Å². The zero-order chi connectivity index (χ0) is 15.4. The Hall–Kier alpha value is -1.56. The van der Waals surface area contributed by atoms with Crippen molar-refractivity contribution in [1.29, 1.82) is 0 Å². The Bertz CT molecular complexity index is 538. The molecule has 1 aromatic rings. The smallest absolute Gasteiger partial charge is 0.306 e. The number of ether oxygens (including phenoxy) is 1. The summed E-state index contributed by atoms with van der Waals surface area (Å²) in [7, 11) is 1.58. The Kier molecular flexibility index (Phi) is 5.22. The average Bonchev–Trinajstić information content (AvgIpc) is 2.47. The van der Waals surface area contributed by atoms with E-state index in [4.69, 9.17) is 9.84 Å². The summed E-state index contributed by atoms with van der Waals surface area (Å²) >= 11 is 3.39. The first-order valence-corrected chi connectivity index (χ1v) is 7.63. The molecule has 0 radical (unpaired) electrons. The van der Waals surface area contributed by atoms with Gasteiger partial charge in [-0.1, -0.05) is 15.9 Å². The molecule has 0 bridgehead atoms. The first kappa shape index (κ1) is 15.8. The lowest BCUT2D eigenvalue weighted by atomic mass is 9.96. The van der Waals surface area contributed by atoms with E-state index in [0.29, 0.717) is 31.7 Å². The van der Waals surface area contributed by atoms with Crippen molar-refractivity contribution in [3.05, 3.63) is 28.2 Å². The molecule has 2 rings (SSSR count). The molecule has 1 amide bonds. The average molecular weight is 356 g/mol. The molecule has 5 nitrogen and oxygen atoms in total. The van der Waals surface area contributed by atoms with Crippen molar-refractivity contribution in [3.8, 4) is 5.75 Å². The Morgan fingerprint density at radius 1 is 1.38 bits per heavy atom. The van der Waals surface area contributed by atoms with Gasteiger partial charge in [0.05, 0.1) is 19.4 Å². The van der Waals surface area contributed by atoms with Crippen molar-refractivity contribution in [1.82, 2.24) is 4.90 Å². The lowest BCUT2D eigenvalue weighted by molar-refractivity contribution is -0.145. The number of carboxylic acid groups (broad SMARTS) is 1. The highest BCUT2D eigenvalue weighted by Crippen LogP contribution is 2.25. The van der Waals surface area contributed by atoms with E-state index in [0.717, 1.165) is 10.0 Å². The van der Waals surface area contributed by atoms with E-state index < -0.39 is 5.97 Å². The van der Waals surface area contributed by atoms with Crippen LogP contribution in [0.1, 0.15) is 18.4 Å². The fraction of sp³-hybridized carbons (Fsp3) is 0.467. The third-order valence-corrected chi connectivity index (χ3v) is 4.27. The molecule has 0 spiro atoms. The molecule has 1 aromatic carbocycles. The Labute approximate surface area is 132 Å². The van der Waals surface area contributed by atoms with Crippen LogP contribution in [0.15, 0.2) is 22.7 Å². The molecule has 0 aromatic heterocycles. The number of halogens is 1. The van der Waals surface area contributed by atoms with Crippen molar-refractivity contribution >= 4 is 27.8 Å². The molecule has 1 fully saturated rings. The van der Waals surface area contributed by atoms with E-state index in [1.807, 2.05) is 18.2 Å². The molecule has 1 saturated heterocycles. The first-order valence-electron chi connectivity index (χ1n) is 6.84. The predicted molar refractivity (Wildman–Crippen MR) is 81.3 cm³/mol. The number of hydrogen-bond donors (Lipinski definition) is 1.